The van der Waals surface area contributed by atoms with Crippen molar-refractivity contribution in [1.29, 1.82) is 0 Å². The van der Waals surface area contributed by atoms with Crippen molar-refractivity contribution in [2.24, 2.45) is 0 Å². The van der Waals surface area contributed by atoms with Crippen LogP contribution in [0.4, 0.5) is 22.1 Å². The Labute approximate surface area is 85.1 Å². The molecule has 0 saturated heterocycles. The normalized spacial score (nSPS) is 10.3. The minimum Gasteiger partial charge on any atom is -0.389 e. The van der Waals surface area contributed by atoms with Crippen LogP contribution >= 0.6 is 0 Å². The molecule has 15 heavy (non-hydrogen) atoms. The number of rotatable bonds is 2. The zero-order valence-electron chi connectivity index (χ0n) is 7.99. The average molecular weight is 208 g/mol. The molecular weight excluding hydrogens is 199 g/mol. The van der Waals surface area contributed by atoms with Crippen LogP contribution in [0.15, 0.2) is 22.6 Å². The highest BCUT2D eigenvalue weighted by atomic mass is 19.1. The first-order chi connectivity index (χ1) is 7.16. The molecule has 0 aliphatic carbocycles. The lowest BCUT2D eigenvalue weighted by atomic mass is 10.2. The van der Waals surface area contributed by atoms with Crippen LogP contribution in [0.5, 0.6) is 0 Å². The number of benzene rings is 1. The van der Waals surface area contributed by atoms with Crippen LogP contribution in [-0.2, 0) is 0 Å². The number of nitrogen functional groups attached to an aromatic ring is 1. The van der Waals surface area contributed by atoms with Crippen LogP contribution in [0.1, 0.15) is 5.56 Å². The van der Waals surface area contributed by atoms with Crippen LogP contribution in [0, 0.1) is 12.7 Å². The number of nitrogens with two attached hydrogens (primary N) is 1. The Morgan fingerprint density at radius 1 is 1.40 bits per heavy atom. The Morgan fingerprint density at radius 3 is 2.87 bits per heavy atom. The van der Waals surface area contributed by atoms with E-state index >= 15 is 0 Å². The van der Waals surface area contributed by atoms with Gasteiger partial charge in [0, 0.05) is 11.3 Å². The van der Waals surface area contributed by atoms with E-state index in [-0.39, 0.29) is 17.8 Å². The van der Waals surface area contributed by atoms with Gasteiger partial charge in [0.1, 0.15) is 5.82 Å². The van der Waals surface area contributed by atoms with Gasteiger partial charge in [-0.05, 0) is 19.1 Å². The average Bonchev–Trinajstić information content (AvgIpc) is 2.59. The van der Waals surface area contributed by atoms with Crippen molar-refractivity contribution in [2.45, 2.75) is 6.92 Å². The molecule has 0 atom stereocenters. The van der Waals surface area contributed by atoms with E-state index in [1.165, 1.54) is 6.07 Å². The number of anilines is 3. The summed E-state index contributed by atoms with van der Waals surface area (Å²) in [5, 5.41) is 9.85. The van der Waals surface area contributed by atoms with Gasteiger partial charge in [-0.2, -0.15) is 0 Å². The summed E-state index contributed by atoms with van der Waals surface area (Å²) in [6.45, 7) is 1.65. The number of nitrogens with zero attached hydrogens (tertiary/aromatic N) is 2. The number of nitrogens with one attached hydrogen (secondary N) is 1. The van der Waals surface area contributed by atoms with E-state index in [4.69, 9.17) is 10.2 Å². The van der Waals surface area contributed by atoms with Crippen molar-refractivity contribution in [2.75, 3.05) is 11.1 Å². The molecule has 3 N–H and O–H groups in total. The summed E-state index contributed by atoms with van der Waals surface area (Å²) in [6, 6.07) is 4.78. The summed E-state index contributed by atoms with van der Waals surface area (Å²) in [7, 11) is 0. The second-order valence-corrected chi connectivity index (χ2v) is 2.98. The van der Waals surface area contributed by atoms with Crippen LogP contribution in [-0.4, -0.2) is 10.2 Å². The molecule has 0 amide bonds. The third kappa shape index (κ3) is 1.88. The van der Waals surface area contributed by atoms with Crippen LogP contribution < -0.4 is 11.1 Å². The van der Waals surface area contributed by atoms with Gasteiger partial charge in [-0.1, -0.05) is 16.3 Å². The predicted molar refractivity (Wildman–Crippen MR) is 53.1 cm³/mol. The Morgan fingerprint density at radius 2 is 2.20 bits per heavy atom. The lowest BCUT2D eigenvalue weighted by molar-refractivity contribution is 0.592. The van der Waals surface area contributed by atoms with Crippen molar-refractivity contribution in [1.82, 2.24) is 10.2 Å². The third-order valence-corrected chi connectivity index (χ3v) is 1.95. The van der Waals surface area contributed by atoms with Gasteiger partial charge in [0.2, 0.25) is 0 Å². The molecule has 0 spiro atoms. The molecule has 0 bridgehead atoms. The van der Waals surface area contributed by atoms with Gasteiger partial charge in [0.25, 0.3) is 0 Å². The summed E-state index contributed by atoms with van der Waals surface area (Å²) < 4.78 is 18.1. The topological polar surface area (TPSA) is 77.0 Å². The van der Waals surface area contributed by atoms with E-state index in [0.29, 0.717) is 11.3 Å². The van der Waals surface area contributed by atoms with E-state index in [2.05, 4.69) is 15.5 Å². The van der Waals surface area contributed by atoms with Gasteiger partial charge in [-0.3, -0.25) is 0 Å². The van der Waals surface area contributed by atoms with Gasteiger partial charge in [0.15, 0.2) is 0 Å². The lowest BCUT2D eigenvalue weighted by Crippen LogP contribution is -1.95. The molecule has 0 radical (unpaired) electrons. The SMILES string of the molecule is Cc1c(F)cccc1Nc1nnc(N)o1. The third-order valence-electron chi connectivity index (χ3n) is 1.95. The second-order valence-electron chi connectivity index (χ2n) is 2.98. The minimum atomic E-state index is -0.299. The summed E-state index contributed by atoms with van der Waals surface area (Å²) in [6.07, 6.45) is 0. The largest absolute Gasteiger partial charge is 0.389 e. The van der Waals surface area contributed by atoms with Crippen molar-refractivity contribution in [3.05, 3.63) is 29.6 Å². The zero-order chi connectivity index (χ0) is 10.8. The molecule has 2 rings (SSSR count). The Hall–Kier alpha value is -2.11. The Balaban J connectivity index is 2.28. The molecule has 0 unspecified atom stereocenters. The fourth-order valence-corrected chi connectivity index (χ4v) is 1.14. The quantitative estimate of drug-likeness (QED) is 0.787. The van der Waals surface area contributed by atoms with Crippen molar-refractivity contribution in [3.8, 4) is 0 Å². The first-order valence-electron chi connectivity index (χ1n) is 4.28. The van der Waals surface area contributed by atoms with Crippen molar-refractivity contribution < 1.29 is 8.81 Å². The summed E-state index contributed by atoms with van der Waals surface area (Å²) in [5.74, 6) is -0.299. The number of aromatic nitrogens is 2. The fourth-order valence-electron chi connectivity index (χ4n) is 1.14. The first-order valence-corrected chi connectivity index (χ1v) is 4.28. The van der Waals surface area contributed by atoms with Crippen LogP contribution in [0.3, 0.4) is 0 Å². The molecule has 5 nitrogen and oxygen atoms in total. The van der Waals surface area contributed by atoms with Crippen LogP contribution in [0.2, 0.25) is 0 Å². The van der Waals surface area contributed by atoms with E-state index in [1.807, 2.05) is 0 Å². The molecule has 2 aromatic rings. The van der Waals surface area contributed by atoms with Gasteiger partial charge in [-0.25, -0.2) is 4.39 Å². The molecular formula is C9H9FN4O. The molecule has 1 aromatic carbocycles. The standard InChI is InChI=1S/C9H9FN4O/c1-5-6(10)3-2-4-7(5)12-9-14-13-8(11)15-9/h2-4H,1H3,(H2,11,13)(H,12,14). The van der Waals surface area contributed by atoms with Gasteiger partial charge in [0.05, 0.1) is 0 Å². The highest BCUT2D eigenvalue weighted by Crippen LogP contribution is 2.21. The molecule has 0 saturated carbocycles. The Bertz CT molecular complexity index is 483. The second kappa shape index (κ2) is 3.56. The number of hydrogen-bond acceptors (Lipinski definition) is 5. The zero-order valence-corrected chi connectivity index (χ0v) is 7.99. The van der Waals surface area contributed by atoms with E-state index in [0.717, 1.165) is 0 Å². The molecule has 0 aliphatic heterocycles. The van der Waals surface area contributed by atoms with Crippen LogP contribution in [0.25, 0.3) is 0 Å². The molecule has 78 valence electrons. The van der Waals surface area contributed by atoms with Gasteiger partial charge >= 0.3 is 12.0 Å². The van der Waals surface area contributed by atoms with Gasteiger partial charge in [-0.15, -0.1) is 0 Å². The molecule has 0 fully saturated rings. The van der Waals surface area contributed by atoms with E-state index in [1.54, 1.807) is 19.1 Å². The number of halogens is 1. The summed E-state index contributed by atoms with van der Waals surface area (Å²) in [4.78, 5) is 0. The smallest absolute Gasteiger partial charge is 0.321 e. The maximum Gasteiger partial charge on any atom is 0.321 e. The molecule has 6 heteroatoms. The highest BCUT2D eigenvalue weighted by Gasteiger charge is 2.07. The lowest BCUT2D eigenvalue weighted by Gasteiger charge is -2.05. The molecule has 0 aliphatic rings. The predicted octanol–water partition coefficient (Wildman–Crippen LogP) is 1.84. The van der Waals surface area contributed by atoms with Crippen molar-refractivity contribution >= 4 is 17.7 Å². The maximum atomic E-state index is 13.2. The molecule has 1 heterocycles. The number of hydrogen-bond donors (Lipinski definition) is 2. The van der Waals surface area contributed by atoms with E-state index in [9.17, 15) is 4.39 Å². The minimum absolute atomic E-state index is 0.0356. The summed E-state index contributed by atoms with van der Waals surface area (Å²) >= 11 is 0. The Kier molecular flexibility index (Phi) is 2.24. The fraction of sp³-hybridized carbons (Fsp3) is 0.111. The maximum absolute atomic E-state index is 13.2. The van der Waals surface area contributed by atoms with Gasteiger partial charge < -0.3 is 15.5 Å². The van der Waals surface area contributed by atoms with E-state index < -0.39 is 0 Å². The first kappa shape index (κ1) is 9.45. The van der Waals surface area contributed by atoms with Crippen molar-refractivity contribution in [3.63, 3.8) is 0 Å². The molecule has 1 aromatic heterocycles. The summed E-state index contributed by atoms with van der Waals surface area (Å²) in [5.41, 5.74) is 6.29. The highest BCUT2D eigenvalue weighted by molar-refractivity contribution is 5.57. The monoisotopic (exact) mass is 208 g/mol.